The van der Waals surface area contributed by atoms with Crippen LogP contribution in [0.5, 0.6) is 5.75 Å². The maximum absolute atomic E-state index is 12.4. The van der Waals surface area contributed by atoms with E-state index in [1.54, 1.807) is 18.2 Å². The van der Waals surface area contributed by atoms with Crippen molar-refractivity contribution in [2.45, 2.75) is 38.1 Å². The minimum Gasteiger partial charge on any atom is -0.484 e. The summed E-state index contributed by atoms with van der Waals surface area (Å²) in [5.41, 5.74) is 1.47. The van der Waals surface area contributed by atoms with Gasteiger partial charge in [0, 0.05) is 11.7 Å². The maximum atomic E-state index is 12.4. The molecule has 0 unspecified atom stereocenters. The molecule has 2 aromatic rings. The van der Waals surface area contributed by atoms with E-state index >= 15 is 0 Å². The molecule has 1 amide bonds. The Morgan fingerprint density at radius 1 is 1.15 bits per heavy atom. The van der Waals surface area contributed by atoms with Crippen LogP contribution in [0.3, 0.4) is 0 Å². The molecule has 1 atom stereocenters. The summed E-state index contributed by atoms with van der Waals surface area (Å²) in [5.74, 6) is 0.218. The molecule has 2 N–H and O–H groups in total. The van der Waals surface area contributed by atoms with Gasteiger partial charge in [0.05, 0.1) is 4.90 Å². The number of ether oxygens (including phenoxy) is 1. The second-order valence-electron chi connectivity index (χ2n) is 6.11. The highest BCUT2D eigenvalue weighted by molar-refractivity contribution is 7.92. The van der Waals surface area contributed by atoms with Gasteiger partial charge in [-0.2, -0.15) is 0 Å². The summed E-state index contributed by atoms with van der Waals surface area (Å²) in [5, 5.41) is 2.80. The number of amides is 1. The molecule has 0 aliphatic heterocycles. The SMILES string of the molecule is CC[C@H](C)NC(=O)COc1ccc(S(=O)(=O)Nc2cccc(C)c2)cc1. The largest absolute Gasteiger partial charge is 0.484 e. The summed E-state index contributed by atoms with van der Waals surface area (Å²) >= 11 is 0. The number of hydrogen-bond acceptors (Lipinski definition) is 4. The van der Waals surface area contributed by atoms with Crippen LogP contribution in [0.25, 0.3) is 0 Å². The zero-order valence-corrected chi connectivity index (χ0v) is 16.0. The summed E-state index contributed by atoms with van der Waals surface area (Å²) < 4.78 is 32.8. The molecule has 0 aliphatic carbocycles. The van der Waals surface area contributed by atoms with E-state index in [1.165, 1.54) is 24.3 Å². The van der Waals surface area contributed by atoms with Crippen molar-refractivity contribution in [1.29, 1.82) is 0 Å². The Bertz CT molecular complexity index is 848. The number of hydrogen-bond donors (Lipinski definition) is 2. The second-order valence-corrected chi connectivity index (χ2v) is 7.79. The third-order valence-corrected chi connectivity index (χ3v) is 5.19. The minimum atomic E-state index is -3.68. The molecule has 2 rings (SSSR count). The number of rotatable bonds is 8. The third kappa shape index (κ3) is 5.77. The first kappa shape index (κ1) is 19.8. The predicted octanol–water partition coefficient (Wildman–Crippen LogP) is 3.09. The summed E-state index contributed by atoms with van der Waals surface area (Å²) in [6.07, 6.45) is 0.840. The van der Waals surface area contributed by atoms with E-state index in [0.29, 0.717) is 11.4 Å². The molecule has 0 aromatic heterocycles. The van der Waals surface area contributed by atoms with Crippen LogP contribution in [-0.4, -0.2) is 27.0 Å². The van der Waals surface area contributed by atoms with Crippen LogP contribution in [-0.2, 0) is 14.8 Å². The molecule has 0 saturated carbocycles. The van der Waals surface area contributed by atoms with Crippen molar-refractivity contribution in [2.24, 2.45) is 0 Å². The van der Waals surface area contributed by atoms with E-state index in [4.69, 9.17) is 4.74 Å². The van der Waals surface area contributed by atoms with Crippen molar-refractivity contribution in [3.05, 3.63) is 54.1 Å². The van der Waals surface area contributed by atoms with Crippen LogP contribution in [0.4, 0.5) is 5.69 Å². The lowest BCUT2D eigenvalue weighted by molar-refractivity contribution is -0.123. The fourth-order valence-corrected chi connectivity index (χ4v) is 3.25. The fraction of sp³-hybridized carbons (Fsp3) is 0.316. The first-order valence-corrected chi connectivity index (χ1v) is 9.90. The minimum absolute atomic E-state index is 0.0892. The Labute approximate surface area is 154 Å². The Kier molecular flexibility index (Phi) is 6.63. The van der Waals surface area contributed by atoms with Crippen molar-refractivity contribution in [2.75, 3.05) is 11.3 Å². The predicted molar refractivity (Wildman–Crippen MR) is 102 cm³/mol. The highest BCUT2D eigenvalue weighted by Gasteiger charge is 2.14. The van der Waals surface area contributed by atoms with Crippen molar-refractivity contribution in [3.63, 3.8) is 0 Å². The third-order valence-electron chi connectivity index (χ3n) is 3.79. The highest BCUT2D eigenvalue weighted by Crippen LogP contribution is 2.19. The van der Waals surface area contributed by atoms with Gasteiger partial charge in [0.1, 0.15) is 5.75 Å². The van der Waals surface area contributed by atoms with Crippen molar-refractivity contribution in [1.82, 2.24) is 5.32 Å². The normalized spacial score (nSPS) is 12.3. The zero-order valence-electron chi connectivity index (χ0n) is 15.2. The molecule has 0 radical (unpaired) electrons. The van der Waals surface area contributed by atoms with E-state index in [1.807, 2.05) is 26.8 Å². The van der Waals surface area contributed by atoms with E-state index < -0.39 is 10.0 Å². The van der Waals surface area contributed by atoms with Gasteiger partial charge in [-0.1, -0.05) is 19.1 Å². The fourth-order valence-electron chi connectivity index (χ4n) is 2.21. The molecule has 0 saturated heterocycles. The standard InChI is InChI=1S/C19H24N2O4S/c1-4-15(3)20-19(22)13-25-17-8-10-18(11-9-17)26(23,24)21-16-7-5-6-14(2)12-16/h5-12,15,21H,4,13H2,1-3H3,(H,20,22)/t15-/m0/s1. The average Bonchev–Trinajstić information content (AvgIpc) is 2.60. The van der Waals surface area contributed by atoms with E-state index in [0.717, 1.165) is 12.0 Å². The first-order valence-electron chi connectivity index (χ1n) is 8.42. The van der Waals surface area contributed by atoms with Gasteiger partial charge in [-0.3, -0.25) is 9.52 Å². The quantitative estimate of drug-likeness (QED) is 0.741. The first-order chi connectivity index (χ1) is 12.3. The summed E-state index contributed by atoms with van der Waals surface area (Å²) in [6, 6.07) is 13.2. The van der Waals surface area contributed by atoms with Gasteiger partial charge in [-0.25, -0.2) is 8.42 Å². The number of nitrogens with one attached hydrogen (secondary N) is 2. The topological polar surface area (TPSA) is 84.5 Å². The van der Waals surface area contributed by atoms with Crippen LogP contribution in [0.15, 0.2) is 53.4 Å². The van der Waals surface area contributed by atoms with E-state index in [2.05, 4.69) is 10.0 Å². The van der Waals surface area contributed by atoms with Crippen LogP contribution in [0.1, 0.15) is 25.8 Å². The van der Waals surface area contributed by atoms with Gasteiger partial charge in [0.25, 0.3) is 15.9 Å². The number of anilines is 1. The molecule has 7 heteroatoms. The van der Waals surface area contributed by atoms with E-state index in [-0.39, 0.29) is 23.5 Å². The Morgan fingerprint density at radius 2 is 1.85 bits per heavy atom. The van der Waals surface area contributed by atoms with Crippen molar-refractivity contribution >= 4 is 21.6 Å². The molecule has 0 heterocycles. The average molecular weight is 376 g/mol. The van der Waals surface area contributed by atoms with Crippen LogP contribution < -0.4 is 14.8 Å². The summed E-state index contributed by atoms with van der Waals surface area (Å²) in [4.78, 5) is 11.8. The highest BCUT2D eigenvalue weighted by atomic mass is 32.2. The lowest BCUT2D eigenvalue weighted by atomic mass is 10.2. The second kappa shape index (κ2) is 8.71. The number of sulfonamides is 1. The van der Waals surface area contributed by atoms with Gasteiger partial charge in [0.2, 0.25) is 0 Å². The summed E-state index contributed by atoms with van der Waals surface area (Å²) in [7, 11) is -3.68. The van der Waals surface area contributed by atoms with Gasteiger partial charge in [0.15, 0.2) is 6.61 Å². The van der Waals surface area contributed by atoms with Crippen molar-refractivity contribution < 1.29 is 17.9 Å². The molecule has 6 nitrogen and oxygen atoms in total. The molecule has 0 bridgehead atoms. The Hall–Kier alpha value is -2.54. The Morgan fingerprint density at radius 3 is 2.46 bits per heavy atom. The van der Waals surface area contributed by atoms with Gasteiger partial charge in [-0.05, 0) is 62.2 Å². The molecule has 2 aromatic carbocycles. The number of aryl methyl sites for hydroxylation is 1. The number of carbonyl (C=O) groups is 1. The number of carbonyl (C=O) groups excluding carboxylic acids is 1. The molecule has 140 valence electrons. The number of benzene rings is 2. The maximum Gasteiger partial charge on any atom is 0.261 e. The molecule has 0 aliphatic rings. The molecule has 26 heavy (non-hydrogen) atoms. The summed E-state index contributed by atoms with van der Waals surface area (Å²) in [6.45, 7) is 5.67. The van der Waals surface area contributed by atoms with Crippen LogP contribution >= 0.6 is 0 Å². The molecular formula is C19H24N2O4S. The van der Waals surface area contributed by atoms with E-state index in [9.17, 15) is 13.2 Å². The van der Waals surface area contributed by atoms with Gasteiger partial charge >= 0.3 is 0 Å². The van der Waals surface area contributed by atoms with Crippen molar-refractivity contribution in [3.8, 4) is 5.75 Å². The van der Waals surface area contributed by atoms with Crippen LogP contribution in [0.2, 0.25) is 0 Å². The lowest BCUT2D eigenvalue weighted by Gasteiger charge is -2.12. The van der Waals surface area contributed by atoms with Gasteiger partial charge in [-0.15, -0.1) is 0 Å². The lowest BCUT2D eigenvalue weighted by Crippen LogP contribution is -2.35. The zero-order chi connectivity index (χ0) is 19.2. The smallest absolute Gasteiger partial charge is 0.261 e. The monoisotopic (exact) mass is 376 g/mol. The molecule has 0 fully saturated rings. The molecule has 0 spiro atoms. The molecular weight excluding hydrogens is 352 g/mol. The Balaban J connectivity index is 1.98. The van der Waals surface area contributed by atoms with Gasteiger partial charge < -0.3 is 10.1 Å². The van der Waals surface area contributed by atoms with Crippen LogP contribution in [0, 0.1) is 6.92 Å².